The molecule has 0 radical (unpaired) electrons. The Labute approximate surface area is 199 Å². The first-order valence-corrected chi connectivity index (χ1v) is 11.3. The van der Waals surface area contributed by atoms with E-state index in [1.807, 2.05) is 52.8 Å². The van der Waals surface area contributed by atoms with Crippen LogP contribution < -0.4 is 14.8 Å². The second kappa shape index (κ2) is 11.3. The van der Waals surface area contributed by atoms with Crippen LogP contribution >= 0.6 is 0 Å². The summed E-state index contributed by atoms with van der Waals surface area (Å²) in [5.74, 6) is 0.415. The van der Waals surface area contributed by atoms with E-state index in [4.69, 9.17) is 9.47 Å². The highest BCUT2D eigenvalue weighted by atomic mass is 16.5. The summed E-state index contributed by atoms with van der Waals surface area (Å²) >= 11 is 0. The van der Waals surface area contributed by atoms with Gasteiger partial charge in [0.25, 0.3) is 11.8 Å². The number of carbonyl (C=O) groups excluding carboxylic acids is 2. The summed E-state index contributed by atoms with van der Waals surface area (Å²) < 4.78 is 11.5. The average Bonchev–Trinajstić information content (AvgIpc) is 2.84. The number of aryl methyl sites for hydroxylation is 2. The van der Waals surface area contributed by atoms with Crippen molar-refractivity contribution >= 4 is 17.5 Å². The van der Waals surface area contributed by atoms with E-state index in [0.29, 0.717) is 42.3 Å². The second-order valence-corrected chi connectivity index (χ2v) is 7.65. The molecule has 178 valence electrons. The van der Waals surface area contributed by atoms with Gasteiger partial charge >= 0.3 is 6.01 Å². The van der Waals surface area contributed by atoms with Gasteiger partial charge in [0.05, 0.1) is 12.2 Å². The van der Waals surface area contributed by atoms with E-state index in [1.54, 1.807) is 23.1 Å². The molecule has 0 aliphatic carbocycles. The molecule has 0 saturated carbocycles. The number of hydrogen-bond donors (Lipinski definition) is 1. The van der Waals surface area contributed by atoms with Crippen LogP contribution in [0.3, 0.4) is 0 Å². The molecule has 34 heavy (non-hydrogen) atoms. The van der Waals surface area contributed by atoms with Crippen molar-refractivity contribution in [2.24, 2.45) is 0 Å². The lowest BCUT2D eigenvalue weighted by Crippen LogP contribution is -2.30. The van der Waals surface area contributed by atoms with Crippen LogP contribution in [0.1, 0.15) is 52.6 Å². The molecule has 2 aromatic carbocycles. The van der Waals surface area contributed by atoms with E-state index in [1.165, 1.54) is 12.4 Å². The maximum absolute atomic E-state index is 12.7. The predicted octanol–water partition coefficient (Wildman–Crippen LogP) is 5.02. The zero-order chi connectivity index (χ0) is 24.7. The standard InChI is InChI=1S/C26H30N4O4/c1-6-30(7-2)25(32)19-12-13-21(22(14-19)33-8-3)34-26-27-15-20(16-28-26)24(31)29-23-17(4)10-9-11-18(23)5/h9-16H,6-8H2,1-5H3,(H,29,31). The Bertz CT molecular complexity index is 1140. The second-order valence-electron chi connectivity index (χ2n) is 7.65. The molecule has 0 fully saturated rings. The molecular formula is C26H30N4O4. The van der Waals surface area contributed by atoms with Gasteiger partial charge in [-0.3, -0.25) is 9.59 Å². The number of carbonyl (C=O) groups is 2. The van der Waals surface area contributed by atoms with Crippen molar-refractivity contribution in [3.05, 3.63) is 71.0 Å². The molecule has 0 unspecified atom stereocenters. The van der Waals surface area contributed by atoms with Gasteiger partial charge in [-0.25, -0.2) is 9.97 Å². The smallest absolute Gasteiger partial charge is 0.322 e. The van der Waals surface area contributed by atoms with Gasteiger partial charge in [0.1, 0.15) is 0 Å². The van der Waals surface area contributed by atoms with Gasteiger partial charge in [-0.2, -0.15) is 0 Å². The Hall–Kier alpha value is -3.94. The van der Waals surface area contributed by atoms with Crippen molar-refractivity contribution in [2.75, 3.05) is 25.0 Å². The molecule has 2 amide bonds. The van der Waals surface area contributed by atoms with Crippen molar-refractivity contribution in [1.82, 2.24) is 14.9 Å². The topological polar surface area (TPSA) is 93.6 Å². The Morgan fingerprint density at radius 2 is 1.56 bits per heavy atom. The number of aromatic nitrogens is 2. The number of benzene rings is 2. The fourth-order valence-corrected chi connectivity index (χ4v) is 3.47. The highest BCUT2D eigenvalue weighted by Gasteiger charge is 2.17. The number of rotatable bonds is 9. The summed E-state index contributed by atoms with van der Waals surface area (Å²) in [6.07, 6.45) is 2.81. The molecule has 8 nitrogen and oxygen atoms in total. The number of para-hydroxylation sites is 1. The summed E-state index contributed by atoms with van der Waals surface area (Å²) in [6, 6.07) is 10.9. The molecule has 1 N–H and O–H groups in total. The Balaban J connectivity index is 1.76. The van der Waals surface area contributed by atoms with E-state index >= 15 is 0 Å². The molecule has 0 aliphatic rings. The van der Waals surface area contributed by atoms with Crippen molar-refractivity contribution in [3.63, 3.8) is 0 Å². The lowest BCUT2D eigenvalue weighted by atomic mass is 10.1. The van der Waals surface area contributed by atoms with Crippen molar-refractivity contribution in [3.8, 4) is 17.5 Å². The first-order valence-electron chi connectivity index (χ1n) is 11.3. The Morgan fingerprint density at radius 1 is 0.912 bits per heavy atom. The van der Waals surface area contributed by atoms with Crippen LogP contribution in [0.25, 0.3) is 0 Å². The normalized spacial score (nSPS) is 10.5. The maximum Gasteiger partial charge on any atom is 0.322 e. The fraction of sp³-hybridized carbons (Fsp3) is 0.308. The van der Waals surface area contributed by atoms with Crippen molar-refractivity contribution in [1.29, 1.82) is 0 Å². The summed E-state index contributed by atoms with van der Waals surface area (Å²) in [5, 5.41) is 2.91. The number of amides is 2. The average molecular weight is 463 g/mol. The van der Waals surface area contributed by atoms with Gasteiger partial charge in [0.2, 0.25) is 0 Å². The minimum atomic E-state index is -0.307. The third-order valence-electron chi connectivity index (χ3n) is 5.35. The van der Waals surface area contributed by atoms with Gasteiger partial charge in [-0.15, -0.1) is 0 Å². The predicted molar refractivity (Wildman–Crippen MR) is 131 cm³/mol. The van der Waals surface area contributed by atoms with E-state index in [0.717, 1.165) is 16.8 Å². The minimum Gasteiger partial charge on any atom is -0.490 e. The van der Waals surface area contributed by atoms with Crippen molar-refractivity contribution < 1.29 is 19.1 Å². The molecule has 0 bridgehead atoms. The molecule has 0 saturated heterocycles. The summed E-state index contributed by atoms with van der Waals surface area (Å²) in [5.41, 5.74) is 3.54. The first-order chi connectivity index (χ1) is 16.4. The van der Waals surface area contributed by atoms with Crippen LogP contribution in [0.15, 0.2) is 48.8 Å². The van der Waals surface area contributed by atoms with Crippen LogP contribution in [0.2, 0.25) is 0 Å². The number of nitrogens with one attached hydrogen (secondary N) is 1. The van der Waals surface area contributed by atoms with E-state index in [9.17, 15) is 9.59 Å². The van der Waals surface area contributed by atoms with E-state index in [-0.39, 0.29) is 17.8 Å². The number of nitrogens with zero attached hydrogens (tertiary/aromatic N) is 3. The highest BCUT2D eigenvalue weighted by Crippen LogP contribution is 2.32. The largest absolute Gasteiger partial charge is 0.490 e. The molecule has 1 aromatic heterocycles. The van der Waals surface area contributed by atoms with Crippen LogP contribution in [0, 0.1) is 13.8 Å². The van der Waals surface area contributed by atoms with Crippen LogP contribution in [0.4, 0.5) is 5.69 Å². The third kappa shape index (κ3) is 5.70. The number of hydrogen-bond acceptors (Lipinski definition) is 6. The van der Waals surface area contributed by atoms with Gasteiger partial charge in [-0.05, 0) is 63.9 Å². The van der Waals surface area contributed by atoms with Gasteiger partial charge in [0, 0.05) is 36.7 Å². The molecule has 0 aliphatic heterocycles. The summed E-state index contributed by atoms with van der Waals surface area (Å²) in [7, 11) is 0. The lowest BCUT2D eigenvalue weighted by Gasteiger charge is -2.19. The lowest BCUT2D eigenvalue weighted by molar-refractivity contribution is 0.0772. The molecule has 3 aromatic rings. The van der Waals surface area contributed by atoms with E-state index < -0.39 is 0 Å². The molecule has 8 heteroatoms. The quantitative estimate of drug-likeness (QED) is 0.480. The van der Waals surface area contributed by atoms with Crippen molar-refractivity contribution in [2.45, 2.75) is 34.6 Å². The van der Waals surface area contributed by atoms with E-state index in [2.05, 4.69) is 15.3 Å². The maximum atomic E-state index is 12.7. The summed E-state index contributed by atoms with van der Waals surface area (Å²) in [6.45, 7) is 11.2. The number of anilines is 1. The minimum absolute atomic E-state index is 0.0624. The zero-order valence-electron chi connectivity index (χ0n) is 20.2. The van der Waals surface area contributed by atoms with Gasteiger partial charge < -0.3 is 19.7 Å². The Morgan fingerprint density at radius 3 is 2.15 bits per heavy atom. The molecule has 0 atom stereocenters. The fourth-order valence-electron chi connectivity index (χ4n) is 3.47. The third-order valence-corrected chi connectivity index (χ3v) is 5.35. The van der Waals surface area contributed by atoms with Gasteiger partial charge in [-0.1, -0.05) is 18.2 Å². The van der Waals surface area contributed by atoms with Crippen LogP contribution in [-0.4, -0.2) is 46.4 Å². The van der Waals surface area contributed by atoms with Gasteiger partial charge in [0.15, 0.2) is 11.5 Å². The van der Waals surface area contributed by atoms with Crippen LogP contribution in [-0.2, 0) is 0 Å². The van der Waals surface area contributed by atoms with Crippen LogP contribution in [0.5, 0.6) is 17.5 Å². The first kappa shape index (κ1) is 24.7. The summed E-state index contributed by atoms with van der Waals surface area (Å²) in [4.78, 5) is 35.4. The molecular weight excluding hydrogens is 432 g/mol. The zero-order valence-corrected chi connectivity index (χ0v) is 20.2. The molecule has 1 heterocycles. The highest BCUT2D eigenvalue weighted by molar-refractivity contribution is 6.04. The molecule has 3 rings (SSSR count). The number of ether oxygens (including phenoxy) is 2. The SMILES string of the molecule is CCOc1cc(C(=O)N(CC)CC)ccc1Oc1ncc(C(=O)Nc2c(C)cccc2C)cn1. The molecule has 0 spiro atoms. The monoisotopic (exact) mass is 462 g/mol. The Kier molecular flexibility index (Phi) is 8.19.